The van der Waals surface area contributed by atoms with Crippen molar-refractivity contribution in [3.8, 4) is 11.4 Å². The number of ether oxygens (including phenoxy) is 1. The molecule has 0 amide bonds. The number of rotatable bonds is 13. The first-order valence-corrected chi connectivity index (χ1v) is 12.4. The van der Waals surface area contributed by atoms with Crippen molar-refractivity contribution < 1.29 is 4.74 Å². The van der Waals surface area contributed by atoms with Gasteiger partial charge in [-0.1, -0.05) is 51.5 Å². The third-order valence-corrected chi connectivity index (χ3v) is 6.56. The quantitative estimate of drug-likeness (QED) is 0.205. The van der Waals surface area contributed by atoms with Crippen LogP contribution in [0, 0.1) is 5.92 Å². The summed E-state index contributed by atoms with van der Waals surface area (Å²) in [7, 11) is 0. The molecule has 2 atom stereocenters. The van der Waals surface area contributed by atoms with Crippen molar-refractivity contribution in [2.75, 3.05) is 19.7 Å². The number of nitrogens with zero attached hydrogens (tertiary/aromatic N) is 3. The Morgan fingerprint density at radius 1 is 1.13 bits per heavy atom. The molecule has 170 valence electrons. The van der Waals surface area contributed by atoms with Crippen molar-refractivity contribution in [3.05, 3.63) is 55.6 Å². The van der Waals surface area contributed by atoms with Gasteiger partial charge in [0.2, 0.25) is 0 Å². The molecule has 0 bridgehead atoms. The van der Waals surface area contributed by atoms with Gasteiger partial charge in [-0.2, -0.15) is 0 Å². The monoisotopic (exact) mass is 423 g/mol. The predicted molar refractivity (Wildman–Crippen MR) is 130 cm³/mol. The van der Waals surface area contributed by atoms with Gasteiger partial charge in [-0.05, 0) is 62.4 Å². The standard InChI is InChI=1S/C27H41N3O/c1-3-5-6-7-10-19-29(18-4-2)26-12-9-8-11-24(21-26)22-31-27-15-13-25(14-16-27)30-20-17-28-23-30/h4,13-17,20,23-24,26H,2-3,5-12,18-19,21-22H2,1H3. The minimum Gasteiger partial charge on any atom is -0.493 e. The lowest BCUT2D eigenvalue weighted by molar-refractivity contribution is 0.156. The number of benzene rings is 1. The van der Waals surface area contributed by atoms with Crippen LogP contribution in [0.15, 0.2) is 55.6 Å². The SMILES string of the molecule is C=CCN(CCCCCCC)C1CCCCC(COc2ccc(-n3ccnc3)cc2)C1. The topological polar surface area (TPSA) is 30.3 Å². The molecule has 0 aliphatic heterocycles. The van der Waals surface area contributed by atoms with E-state index in [1.165, 1.54) is 70.8 Å². The molecule has 0 N–H and O–H groups in total. The largest absolute Gasteiger partial charge is 0.493 e. The van der Waals surface area contributed by atoms with E-state index in [0.29, 0.717) is 12.0 Å². The van der Waals surface area contributed by atoms with Crippen LogP contribution in [0.4, 0.5) is 0 Å². The van der Waals surface area contributed by atoms with Gasteiger partial charge in [0, 0.05) is 30.7 Å². The molecule has 1 fully saturated rings. The lowest BCUT2D eigenvalue weighted by Crippen LogP contribution is -2.37. The third-order valence-electron chi connectivity index (χ3n) is 6.56. The normalized spacial score (nSPS) is 19.3. The number of hydrogen-bond donors (Lipinski definition) is 0. The average molecular weight is 424 g/mol. The number of imidazole rings is 1. The summed E-state index contributed by atoms with van der Waals surface area (Å²) in [5.41, 5.74) is 1.11. The lowest BCUT2D eigenvalue weighted by Gasteiger charge is -2.32. The van der Waals surface area contributed by atoms with Gasteiger partial charge in [0.15, 0.2) is 0 Å². The maximum Gasteiger partial charge on any atom is 0.119 e. The van der Waals surface area contributed by atoms with E-state index < -0.39 is 0 Å². The summed E-state index contributed by atoms with van der Waals surface area (Å²) in [5, 5.41) is 0. The van der Waals surface area contributed by atoms with Gasteiger partial charge in [-0.15, -0.1) is 6.58 Å². The second kappa shape index (κ2) is 13.4. The Morgan fingerprint density at radius 3 is 2.68 bits per heavy atom. The summed E-state index contributed by atoms with van der Waals surface area (Å²) >= 11 is 0. The van der Waals surface area contributed by atoms with Crippen LogP contribution < -0.4 is 4.74 Å². The molecule has 1 aromatic heterocycles. The van der Waals surface area contributed by atoms with Gasteiger partial charge in [0.1, 0.15) is 5.75 Å². The lowest BCUT2D eigenvalue weighted by atomic mass is 9.97. The number of unbranched alkanes of at least 4 members (excludes halogenated alkanes) is 4. The fraction of sp³-hybridized carbons (Fsp3) is 0.593. The maximum atomic E-state index is 6.22. The van der Waals surface area contributed by atoms with Crippen molar-refractivity contribution in [1.29, 1.82) is 0 Å². The zero-order chi connectivity index (χ0) is 21.7. The van der Waals surface area contributed by atoms with E-state index >= 15 is 0 Å². The predicted octanol–water partition coefficient (Wildman–Crippen LogP) is 6.66. The van der Waals surface area contributed by atoms with Gasteiger partial charge in [0.25, 0.3) is 0 Å². The molecule has 0 radical (unpaired) electrons. The molecule has 0 spiro atoms. The molecule has 2 unspecified atom stereocenters. The van der Waals surface area contributed by atoms with Crippen molar-refractivity contribution >= 4 is 0 Å². The van der Waals surface area contributed by atoms with Crippen LogP contribution in [0.2, 0.25) is 0 Å². The Balaban J connectivity index is 1.49. The summed E-state index contributed by atoms with van der Waals surface area (Å²) in [6, 6.07) is 9.01. The minimum absolute atomic E-state index is 0.633. The zero-order valence-corrected chi connectivity index (χ0v) is 19.4. The number of aromatic nitrogens is 2. The highest BCUT2D eigenvalue weighted by atomic mass is 16.5. The minimum atomic E-state index is 0.633. The van der Waals surface area contributed by atoms with E-state index in [1.54, 1.807) is 6.20 Å². The van der Waals surface area contributed by atoms with Crippen LogP contribution in [0.3, 0.4) is 0 Å². The van der Waals surface area contributed by atoms with Gasteiger partial charge < -0.3 is 9.30 Å². The van der Waals surface area contributed by atoms with E-state index in [2.05, 4.69) is 53.7 Å². The molecule has 4 heteroatoms. The van der Waals surface area contributed by atoms with E-state index in [1.807, 2.05) is 17.1 Å². The summed E-state index contributed by atoms with van der Waals surface area (Å²) < 4.78 is 8.23. The average Bonchev–Trinajstić information content (AvgIpc) is 3.23. The van der Waals surface area contributed by atoms with Crippen molar-refractivity contribution in [2.24, 2.45) is 5.92 Å². The summed E-state index contributed by atoms with van der Waals surface area (Å²) in [5.74, 6) is 1.59. The van der Waals surface area contributed by atoms with Gasteiger partial charge in [0.05, 0.1) is 12.9 Å². The summed E-state index contributed by atoms with van der Waals surface area (Å²) in [6.45, 7) is 9.35. The molecule has 2 aromatic rings. The van der Waals surface area contributed by atoms with Crippen LogP contribution in [-0.4, -0.2) is 40.2 Å². The van der Waals surface area contributed by atoms with Crippen molar-refractivity contribution in [2.45, 2.75) is 77.2 Å². The van der Waals surface area contributed by atoms with Gasteiger partial charge in [-0.3, -0.25) is 4.90 Å². The molecule has 3 rings (SSSR count). The smallest absolute Gasteiger partial charge is 0.119 e. The highest BCUT2D eigenvalue weighted by Gasteiger charge is 2.25. The Labute approximate surface area is 189 Å². The van der Waals surface area contributed by atoms with Crippen LogP contribution in [0.1, 0.15) is 71.1 Å². The fourth-order valence-corrected chi connectivity index (χ4v) is 4.76. The zero-order valence-electron chi connectivity index (χ0n) is 19.4. The molecular weight excluding hydrogens is 382 g/mol. The molecule has 0 saturated heterocycles. The second-order valence-corrected chi connectivity index (χ2v) is 9.01. The Kier molecular flexibility index (Phi) is 10.2. The first-order chi connectivity index (χ1) is 15.3. The van der Waals surface area contributed by atoms with Crippen LogP contribution >= 0.6 is 0 Å². The summed E-state index contributed by atoms with van der Waals surface area (Å²) in [4.78, 5) is 6.81. The Bertz CT molecular complexity index is 725. The fourth-order valence-electron chi connectivity index (χ4n) is 4.76. The molecule has 31 heavy (non-hydrogen) atoms. The molecule has 1 aromatic carbocycles. The summed E-state index contributed by atoms with van der Waals surface area (Å²) in [6.07, 6.45) is 20.9. The first kappa shape index (κ1) is 23.6. The molecule has 1 heterocycles. The molecule has 1 saturated carbocycles. The van der Waals surface area contributed by atoms with Crippen LogP contribution in [0.25, 0.3) is 5.69 Å². The molecule has 1 aliphatic rings. The maximum absolute atomic E-state index is 6.22. The van der Waals surface area contributed by atoms with E-state index in [4.69, 9.17) is 4.74 Å². The molecular formula is C27H41N3O. The van der Waals surface area contributed by atoms with E-state index in [0.717, 1.165) is 24.6 Å². The van der Waals surface area contributed by atoms with Crippen LogP contribution in [0.5, 0.6) is 5.75 Å². The van der Waals surface area contributed by atoms with E-state index in [-0.39, 0.29) is 0 Å². The molecule has 1 aliphatic carbocycles. The molecule has 4 nitrogen and oxygen atoms in total. The Hall–Kier alpha value is -2.07. The first-order valence-electron chi connectivity index (χ1n) is 12.4. The van der Waals surface area contributed by atoms with Gasteiger partial charge >= 0.3 is 0 Å². The van der Waals surface area contributed by atoms with Crippen LogP contribution in [-0.2, 0) is 0 Å². The van der Waals surface area contributed by atoms with Gasteiger partial charge in [-0.25, -0.2) is 4.98 Å². The van der Waals surface area contributed by atoms with Crippen molar-refractivity contribution in [3.63, 3.8) is 0 Å². The highest BCUT2D eigenvalue weighted by Crippen LogP contribution is 2.28. The third kappa shape index (κ3) is 7.84. The number of hydrogen-bond acceptors (Lipinski definition) is 3. The van der Waals surface area contributed by atoms with E-state index in [9.17, 15) is 0 Å². The second-order valence-electron chi connectivity index (χ2n) is 9.01. The van der Waals surface area contributed by atoms with Crippen molar-refractivity contribution in [1.82, 2.24) is 14.5 Å². The highest BCUT2D eigenvalue weighted by molar-refractivity contribution is 5.37. The Morgan fingerprint density at radius 2 is 1.94 bits per heavy atom.